The summed E-state index contributed by atoms with van der Waals surface area (Å²) in [7, 11) is 5.64. The van der Waals surface area contributed by atoms with Gasteiger partial charge in [-0.05, 0) is 43.1 Å². The third kappa shape index (κ3) is 4.26. The first kappa shape index (κ1) is 22.0. The van der Waals surface area contributed by atoms with Gasteiger partial charge in [-0.2, -0.15) is 0 Å². The van der Waals surface area contributed by atoms with Gasteiger partial charge < -0.3 is 9.64 Å². The third-order valence-electron chi connectivity index (χ3n) is 4.86. The maximum Gasteiger partial charge on any atom is 0.260 e. The standard InChI is InChI=1S/C23H23N3O2S.ClH/c1-25(2)14-15-26(23-24-21-19(28-3)12-7-13-20(21)29-23)22(27)18-11-6-9-16-8-4-5-10-17(16)18;/h4-13H,14-15H2,1-3H3;1H. The van der Waals surface area contributed by atoms with Crippen molar-refractivity contribution in [2.24, 2.45) is 0 Å². The van der Waals surface area contributed by atoms with Gasteiger partial charge in [0.05, 0.1) is 11.8 Å². The molecule has 0 saturated heterocycles. The van der Waals surface area contributed by atoms with E-state index in [4.69, 9.17) is 9.72 Å². The molecule has 0 aliphatic rings. The Hall–Kier alpha value is -2.67. The van der Waals surface area contributed by atoms with Crippen molar-refractivity contribution in [1.29, 1.82) is 0 Å². The van der Waals surface area contributed by atoms with Gasteiger partial charge in [0.25, 0.3) is 5.91 Å². The van der Waals surface area contributed by atoms with Gasteiger partial charge in [-0.15, -0.1) is 12.4 Å². The lowest BCUT2D eigenvalue weighted by atomic mass is 10.0. The second kappa shape index (κ2) is 9.43. The molecule has 156 valence electrons. The van der Waals surface area contributed by atoms with Crippen LogP contribution in [0.4, 0.5) is 5.13 Å². The minimum Gasteiger partial charge on any atom is -0.494 e. The molecule has 1 heterocycles. The van der Waals surface area contributed by atoms with E-state index in [0.717, 1.165) is 33.3 Å². The molecule has 3 aromatic carbocycles. The molecule has 0 unspecified atom stereocenters. The monoisotopic (exact) mass is 441 g/mol. The molecule has 0 radical (unpaired) electrons. The average Bonchev–Trinajstić information content (AvgIpc) is 3.17. The van der Waals surface area contributed by atoms with Crippen LogP contribution >= 0.6 is 23.7 Å². The Morgan fingerprint density at radius 1 is 1.00 bits per heavy atom. The SMILES string of the molecule is COc1cccc2sc(N(CCN(C)C)C(=O)c3cccc4ccccc34)nc12.Cl. The molecule has 4 rings (SSSR count). The van der Waals surface area contributed by atoms with Crippen molar-refractivity contribution in [2.75, 3.05) is 39.2 Å². The zero-order chi connectivity index (χ0) is 20.4. The number of aromatic nitrogens is 1. The topological polar surface area (TPSA) is 45.7 Å². The molecule has 4 aromatic rings. The van der Waals surface area contributed by atoms with Crippen molar-refractivity contribution in [3.63, 3.8) is 0 Å². The van der Waals surface area contributed by atoms with E-state index in [-0.39, 0.29) is 18.3 Å². The summed E-state index contributed by atoms with van der Waals surface area (Å²) in [6.45, 7) is 1.29. The van der Waals surface area contributed by atoms with Crippen LogP contribution in [0.25, 0.3) is 21.0 Å². The quantitative estimate of drug-likeness (QED) is 0.418. The van der Waals surface area contributed by atoms with Crippen LogP contribution in [0, 0.1) is 0 Å². The fraction of sp³-hybridized carbons (Fsp3) is 0.217. The summed E-state index contributed by atoms with van der Waals surface area (Å²) in [6, 6.07) is 19.7. The smallest absolute Gasteiger partial charge is 0.260 e. The van der Waals surface area contributed by atoms with Gasteiger partial charge in [-0.25, -0.2) is 4.98 Å². The zero-order valence-corrected chi connectivity index (χ0v) is 18.8. The van der Waals surface area contributed by atoms with Crippen LogP contribution < -0.4 is 9.64 Å². The second-order valence-corrected chi connectivity index (χ2v) is 8.10. The Labute approximate surface area is 186 Å². The van der Waals surface area contributed by atoms with Crippen molar-refractivity contribution in [3.8, 4) is 5.75 Å². The van der Waals surface area contributed by atoms with Crippen LogP contribution in [-0.4, -0.2) is 50.1 Å². The Kier molecular flexibility index (Phi) is 6.92. The maximum atomic E-state index is 13.6. The number of benzene rings is 3. The van der Waals surface area contributed by atoms with E-state index < -0.39 is 0 Å². The first-order chi connectivity index (χ1) is 14.1. The summed E-state index contributed by atoms with van der Waals surface area (Å²) in [6.07, 6.45) is 0. The largest absolute Gasteiger partial charge is 0.494 e. The summed E-state index contributed by atoms with van der Waals surface area (Å²) in [5, 5.41) is 2.69. The van der Waals surface area contributed by atoms with Gasteiger partial charge in [-0.1, -0.05) is 53.8 Å². The minimum atomic E-state index is -0.0401. The van der Waals surface area contributed by atoms with Gasteiger partial charge in [0.2, 0.25) is 0 Å². The number of thiazole rings is 1. The summed E-state index contributed by atoms with van der Waals surface area (Å²) in [5.41, 5.74) is 1.48. The number of methoxy groups -OCH3 is 1. The lowest BCUT2D eigenvalue weighted by molar-refractivity contribution is 0.0987. The zero-order valence-electron chi connectivity index (χ0n) is 17.2. The minimum absolute atomic E-state index is 0. The number of rotatable bonds is 6. The van der Waals surface area contributed by atoms with Crippen LogP contribution in [0.1, 0.15) is 10.4 Å². The Bertz CT molecular complexity index is 1170. The number of fused-ring (bicyclic) bond motifs is 2. The normalized spacial score (nSPS) is 10.9. The number of likely N-dealkylation sites (N-methyl/N-ethyl adjacent to an activating group) is 1. The fourth-order valence-electron chi connectivity index (χ4n) is 3.33. The highest BCUT2D eigenvalue weighted by atomic mass is 35.5. The van der Waals surface area contributed by atoms with Gasteiger partial charge in [0.15, 0.2) is 5.13 Å². The van der Waals surface area contributed by atoms with Gasteiger partial charge in [0, 0.05) is 18.7 Å². The molecular weight excluding hydrogens is 418 g/mol. The highest BCUT2D eigenvalue weighted by Gasteiger charge is 2.23. The first-order valence-corrected chi connectivity index (χ1v) is 10.3. The van der Waals surface area contributed by atoms with E-state index in [1.165, 1.54) is 11.3 Å². The Morgan fingerprint density at radius 3 is 2.50 bits per heavy atom. The van der Waals surface area contributed by atoms with Crippen molar-refractivity contribution >= 4 is 55.8 Å². The van der Waals surface area contributed by atoms with Crippen LogP contribution in [0.15, 0.2) is 60.7 Å². The maximum absolute atomic E-state index is 13.6. The van der Waals surface area contributed by atoms with Gasteiger partial charge in [-0.3, -0.25) is 9.69 Å². The number of ether oxygens (including phenoxy) is 1. The predicted octanol–water partition coefficient (Wildman–Crippen LogP) is 5.09. The number of carbonyl (C=O) groups is 1. The molecule has 1 aromatic heterocycles. The van der Waals surface area contributed by atoms with E-state index in [2.05, 4.69) is 4.90 Å². The highest BCUT2D eigenvalue weighted by Crippen LogP contribution is 2.35. The number of hydrogen-bond acceptors (Lipinski definition) is 5. The fourth-order valence-corrected chi connectivity index (χ4v) is 4.34. The molecule has 0 aliphatic carbocycles. The number of hydrogen-bond donors (Lipinski definition) is 0. The lowest BCUT2D eigenvalue weighted by Crippen LogP contribution is -2.36. The van der Waals surface area contributed by atoms with Crippen LogP contribution in [0.5, 0.6) is 5.75 Å². The molecule has 0 N–H and O–H groups in total. The van der Waals surface area contributed by atoms with Crippen molar-refractivity contribution in [1.82, 2.24) is 9.88 Å². The Balaban J connectivity index is 0.00000256. The summed E-state index contributed by atoms with van der Waals surface area (Å²) >= 11 is 1.51. The first-order valence-electron chi connectivity index (χ1n) is 9.46. The predicted molar refractivity (Wildman–Crippen MR) is 128 cm³/mol. The number of halogens is 1. The molecule has 7 heteroatoms. The van der Waals surface area contributed by atoms with Crippen molar-refractivity contribution < 1.29 is 9.53 Å². The molecule has 1 amide bonds. The van der Waals surface area contributed by atoms with E-state index in [9.17, 15) is 4.79 Å². The van der Waals surface area contributed by atoms with Crippen molar-refractivity contribution in [2.45, 2.75) is 0 Å². The number of amides is 1. The van der Waals surface area contributed by atoms with Crippen LogP contribution in [-0.2, 0) is 0 Å². The lowest BCUT2D eigenvalue weighted by Gasteiger charge is -2.22. The van der Waals surface area contributed by atoms with E-state index >= 15 is 0 Å². The molecular formula is C23H24ClN3O2S. The number of carbonyl (C=O) groups excluding carboxylic acids is 1. The molecule has 5 nitrogen and oxygen atoms in total. The highest BCUT2D eigenvalue weighted by molar-refractivity contribution is 7.22. The van der Waals surface area contributed by atoms with Gasteiger partial charge >= 0.3 is 0 Å². The number of nitrogens with zero attached hydrogens (tertiary/aromatic N) is 3. The summed E-state index contributed by atoms with van der Waals surface area (Å²) in [5.74, 6) is 0.678. The summed E-state index contributed by atoms with van der Waals surface area (Å²) in [4.78, 5) is 22.3. The number of anilines is 1. The van der Waals surface area contributed by atoms with Crippen LogP contribution in [0.2, 0.25) is 0 Å². The van der Waals surface area contributed by atoms with E-state index in [1.807, 2.05) is 74.8 Å². The van der Waals surface area contributed by atoms with E-state index in [0.29, 0.717) is 17.2 Å². The molecule has 0 saturated carbocycles. The third-order valence-corrected chi connectivity index (χ3v) is 5.90. The molecule has 0 bridgehead atoms. The van der Waals surface area contributed by atoms with Crippen molar-refractivity contribution in [3.05, 3.63) is 66.2 Å². The second-order valence-electron chi connectivity index (χ2n) is 7.09. The molecule has 30 heavy (non-hydrogen) atoms. The molecule has 0 atom stereocenters. The molecule has 0 fully saturated rings. The number of para-hydroxylation sites is 1. The molecule has 0 aliphatic heterocycles. The van der Waals surface area contributed by atoms with E-state index in [1.54, 1.807) is 12.0 Å². The van der Waals surface area contributed by atoms with Crippen LogP contribution in [0.3, 0.4) is 0 Å². The Morgan fingerprint density at radius 2 is 1.73 bits per heavy atom. The summed E-state index contributed by atoms with van der Waals surface area (Å²) < 4.78 is 6.45. The van der Waals surface area contributed by atoms with Gasteiger partial charge in [0.1, 0.15) is 11.3 Å². The average molecular weight is 442 g/mol. The molecule has 0 spiro atoms.